The van der Waals surface area contributed by atoms with Gasteiger partial charge in [-0.2, -0.15) is 0 Å². The molecule has 1 N–H and O–H groups in total. The lowest BCUT2D eigenvalue weighted by Crippen LogP contribution is -2.27. The summed E-state index contributed by atoms with van der Waals surface area (Å²) in [5.74, 6) is -2.91. The molecule has 0 aliphatic rings. The second-order valence-corrected chi connectivity index (χ2v) is 9.20. The third kappa shape index (κ3) is 3.74. The Kier molecular flexibility index (Phi) is 5.78. The van der Waals surface area contributed by atoms with Crippen LogP contribution in [0.1, 0.15) is 48.3 Å². The Labute approximate surface area is 182 Å². The predicted molar refractivity (Wildman–Crippen MR) is 117 cm³/mol. The number of ether oxygens (including phenoxy) is 1. The number of hydrogen-bond donors (Lipinski definition) is 1. The van der Waals surface area contributed by atoms with Gasteiger partial charge in [-0.05, 0) is 48.2 Å². The highest BCUT2D eigenvalue weighted by Crippen LogP contribution is 2.43. The summed E-state index contributed by atoms with van der Waals surface area (Å²) in [5.41, 5.74) is 1.02. The minimum atomic E-state index is -1.01. The number of nitrogens with zero attached hydrogens (tertiary/aromatic N) is 1. The summed E-state index contributed by atoms with van der Waals surface area (Å²) in [6.45, 7) is 7.17. The van der Waals surface area contributed by atoms with E-state index in [2.05, 4.69) is 15.9 Å². The van der Waals surface area contributed by atoms with Crippen molar-refractivity contribution in [3.05, 3.63) is 63.5 Å². The molecule has 0 saturated heterocycles. The molecule has 30 heavy (non-hydrogen) atoms. The molecule has 0 spiro atoms. The van der Waals surface area contributed by atoms with Crippen LogP contribution in [0.2, 0.25) is 0 Å². The Morgan fingerprint density at radius 3 is 2.27 bits per heavy atom. The van der Waals surface area contributed by atoms with Crippen LogP contribution in [0.25, 0.3) is 10.9 Å². The summed E-state index contributed by atoms with van der Waals surface area (Å²) < 4.78 is 21.9. The summed E-state index contributed by atoms with van der Waals surface area (Å²) in [7, 11) is 1.35. The van der Waals surface area contributed by atoms with Crippen molar-refractivity contribution in [3.63, 3.8) is 0 Å². The SMILES string of the molecule is COc1cc2c(C(C(=O)O)C(C)(C)C)c(C)n(C(=O)c3ccc(Br)cc3)c2cc1F. The third-order valence-electron chi connectivity index (χ3n) is 5.22. The monoisotopic (exact) mass is 475 g/mol. The van der Waals surface area contributed by atoms with Crippen LogP contribution in [0.15, 0.2) is 40.9 Å². The highest BCUT2D eigenvalue weighted by atomic mass is 79.9. The van der Waals surface area contributed by atoms with E-state index in [-0.39, 0.29) is 11.7 Å². The molecule has 1 unspecified atom stereocenters. The second-order valence-electron chi connectivity index (χ2n) is 8.29. The number of rotatable bonds is 4. The minimum absolute atomic E-state index is 0.00459. The van der Waals surface area contributed by atoms with E-state index in [9.17, 15) is 19.1 Å². The maximum Gasteiger partial charge on any atom is 0.311 e. The van der Waals surface area contributed by atoms with Gasteiger partial charge < -0.3 is 9.84 Å². The molecule has 1 atom stereocenters. The molecule has 0 aliphatic heterocycles. The summed E-state index contributed by atoms with van der Waals surface area (Å²) in [6, 6.07) is 9.51. The van der Waals surface area contributed by atoms with Gasteiger partial charge in [-0.3, -0.25) is 14.2 Å². The van der Waals surface area contributed by atoms with Crippen LogP contribution in [-0.2, 0) is 4.79 Å². The number of halogens is 2. The van der Waals surface area contributed by atoms with E-state index < -0.39 is 23.1 Å². The lowest BCUT2D eigenvalue weighted by Gasteiger charge is -2.28. The highest BCUT2D eigenvalue weighted by molar-refractivity contribution is 9.10. The maximum atomic E-state index is 14.6. The molecule has 0 radical (unpaired) electrons. The number of hydrogen-bond acceptors (Lipinski definition) is 3. The fraction of sp³-hybridized carbons (Fsp3) is 0.304. The van der Waals surface area contributed by atoms with Crippen molar-refractivity contribution in [2.75, 3.05) is 7.11 Å². The summed E-state index contributed by atoms with van der Waals surface area (Å²) in [6.07, 6.45) is 0. The number of carboxylic acids is 1. The van der Waals surface area contributed by atoms with Crippen molar-refractivity contribution in [2.24, 2.45) is 5.41 Å². The number of benzene rings is 2. The molecule has 0 saturated carbocycles. The van der Waals surface area contributed by atoms with Crippen LogP contribution < -0.4 is 4.74 Å². The molecule has 0 aliphatic carbocycles. The zero-order valence-corrected chi connectivity index (χ0v) is 19.0. The van der Waals surface area contributed by atoms with Crippen molar-refractivity contribution >= 4 is 38.7 Å². The average Bonchev–Trinajstić information content (AvgIpc) is 2.91. The summed E-state index contributed by atoms with van der Waals surface area (Å²) in [4.78, 5) is 25.6. The smallest absolute Gasteiger partial charge is 0.311 e. The van der Waals surface area contributed by atoms with E-state index >= 15 is 0 Å². The Bertz CT molecular complexity index is 1140. The molecule has 158 valence electrons. The number of methoxy groups -OCH3 is 1. The number of aromatic nitrogens is 1. The van der Waals surface area contributed by atoms with E-state index in [0.717, 1.165) is 4.47 Å². The zero-order valence-electron chi connectivity index (χ0n) is 17.4. The molecule has 0 amide bonds. The van der Waals surface area contributed by atoms with Gasteiger partial charge in [0, 0.05) is 27.2 Å². The standard InChI is InChI=1S/C23H23BrFNO4/c1-12-19(20(22(28)29)23(2,3)4)15-10-18(30-5)16(25)11-17(15)26(12)21(27)13-6-8-14(24)9-7-13/h6-11,20H,1-5H3,(H,28,29). The fourth-order valence-corrected chi connectivity index (χ4v) is 4.13. The molecule has 1 heterocycles. The molecule has 0 bridgehead atoms. The Hall–Kier alpha value is -2.67. The molecular weight excluding hydrogens is 453 g/mol. The Morgan fingerprint density at radius 2 is 1.77 bits per heavy atom. The topological polar surface area (TPSA) is 68.5 Å². The molecule has 3 rings (SSSR count). The first-order valence-electron chi connectivity index (χ1n) is 9.39. The number of carboxylic acid groups (broad SMARTS) is 1. The lowest BCUT2D eigenvalue weighted by molar-refractivity contribution is -0.141. The second kappa shape index (κ2) is 7.87. The average molecular weight is 476 g/mol. The van der Waals surface area contributed by atoms with Crippen LogP contribution in [-0.4, -0.2) is 28.7 Å². The number of carbonyl (C=O) groups excluding carboxylic acids is 1. The normalized spacial score (nSPS) is 12.8. The van der Waals surface area contributed by atoms with E-state index in [1.54, 1.807) is 31.2 Å². The molecule has 7 heteroatoms. The summed E-state index contributed by atoms with van der Waals surface area (Å²) in [5, 5.41) is 10.5. The Morgan fingerprint density at radius 1 is 1.17 bits per heavy atom. The van der Waals surface area contributed by atoms with Gasteiger partial charge >= 0.3 is 5.97 Å². The third-order valence-corrected chi connectivity index (χ3v) is 5.75. The van der Waals surface area contributed by atoms with Gasteiger partial charge in [0.15, 0.2) is 11.6 Å². The highest BCUT2D eigenvalue weighted by Gasteiger charge is 2.38. The van der Waals surface area contributed by atoms with Gasteiger partial charge in [-0.25, -0.2) is 4.39 Å². The molecule has 3 aromatic rings. The van der Waals surface area contributed by atoms with Crippen molar-refractivity contribution < 1.29 is 23.8 Å². The van der Waals surface area contributed by atoms with Crippen molar-refractivity contribution in [2.45, 2.75) is 33.6 Å². The van der Waals surface area contributed by atoms with Gasteiger partial charge in [-0.15, -0.1) is 0 Å². The van der Waals surface area contributed by atoms with E-state index in [0.29, 0.717) is 27.7 Å². The van der Waals surface area contributed by atoms with Crippen LogP contribution in [0.4, 0.5) is 4.39 Å². The predicted octanol–water partition coefficient (Wildman–Crippen LogP) is 5.76. The van der Waals surface area contributed by atoms with E-state index in [4.69, 9.17) is 4.74 Å². The van der Waals surface area contributed by atoms with Crippen LogP contribution in [0.5, 0.6) is 5.75 Å². The van der Waals surface area contributed by atoms with Crippen LogP contribution in [0.3, 0.4) is 0 Å². The maximum absolute atomic E-state index is 14.6. The number of aliphatic carboxylic acids is 1. The van der Waals surface area contributed by atoms with Crippen molar-refractivity contribution in [1.82, 2.24) is 4.57 Å². The van der Waals surface area contributed by atoms with Gasteiger partial charge in [0.1, 0.15) is 0 Å². The number of carbonyl (C=O) groups is 2. The zero-order chi connectivity index (χ0) is 22.4. The first-order chi connectivity index (χ1) is 14.0. The van der Waals surface area contributed by atoms with Gasteiger partial charge in [0.25, 0.3) is 5.91 Å². The number of fused-ring (bicyclic) bond motifs is 1. The summed E-state index contributed by atoms with van der Waals surface area (Å²) >= 11 is 3.34. The molecule has 2 aromatic carbocycles. The minimum Gasteiger partial charge on any atom is -0.494 e. The van der Waals surface area contributed by atoms with E-state index in [1.807, 2.05) is 20.8 Å². The fourth-order valence-electron chi connectivity index (χ4n) is 3.87. The van der Waals surface area contributed by atoms with Crippen molar-refractivity contribution in [3.8, 4) is 5.75 Å². The molecular formula is C23H23BrFNO4. The van der Waals surface area contributed by atoms with Gasteiger partial charge in [-0.1, -0.05) is 36.7 Å². The Balaban J connectivity index is 2.40. The van der Waals surface area contributed by atoms with E-state index in [1.165, 1.54) is 23.8 Å². The first-order valence-corrected chi connectivity index (χ1v) is 10.2. The largest absolute Gasteiger partial charge is 0.494 e. The molecule has 5 nitrogen and oxygen atoms in total. The molecule has 1 aromatic heterocycles. The van der Waals surface area contributed by atoms with Crippen molar-refractivity contribution in [1.29, 1.82) is 0 Å². The van der Waals surface area contributed by atoms with Gasteiger partial charge in [0.2, 0.25) is 0 Å². The first kappa shape index (κ1) is 22.0. The van der Waals surface area contributed by atoms with Crippen LogP contribution in [0, 0.1) is 18.2 Å². The quantitative estimate of drug-likeness (QED) is 0.520. The lowest BCUT2D eigenvalue weighted by atomic mass is 9.75. The van der Waals surface area contributed by atoms with Gasteiger partial charge in [0.05, 0.1) is 18.5 Å². The van der Waals surface area contributed by atoms with Crippen LogP contribution >= 0.6 is 15.9 Å². The molecule has 0 fully saturated rings.